The van der Waals surface area contributed by atoms with Crippen LogP contribution in [-0.4, -0.2) is 38.8 Å². The summed E-state index contributed by atoms with van der Waals surface area (Å²) in [5.74, 6) is 1.83. The fourth-order valence-electron chi connectivity index (χ4n) is 2.37. The van der Waals surface area contributed by atoms with Crippen molar-refractivity contribution in [1.82, 2.24) is 10.6 Å². The summed E-state index contributed by atoms with van der Waals surface area (Å²) in [6.45, 7) is 2.62. The van der Waals surface area contributed by atoms with E-state index in [0.29, 0.717) is 6.10 Å². The highest BCUT2D eigenvalue weighted by molar-refractivity contribution is 5.79. The third kappa shape index (κ3) is 5.25. The van der Waals surface area contributed by atoms with E-state index in [-0.39, 0.29) is 0 Å². The van der Waals surface area contributed by atoms with Crippen LogP contribution in [0.1, 0.15) is 31.4 Å². The summed E-state index contributed by atoms with van der Waals surface area (Å²) in [4.78, 5) is 4.21. The molecule has 1 aromatic heterocycles. The lowest BCUT2D eigenvalue weighted by Gasteiger charge is -2.23. The van der Waals surface area contributed by atoms with Gasteiger partial charge in [0, 0.05) is 33.2 Å². The van der Waals surface area contributed by atoms with Gasteiger partial charge in [-0.15, -0.1) is 0 Å². The molecule has 0 saturated carbocycles. The predicted octanol–water partition coefficient (Wildman–Crippen LogP) is 1.95. The van der Waals surface area contributed by atoms with Gasteiger partial charge in [0.25, 0.3) is 0 Å². The lowest BCUT2D eigenvalue weighted by molar-refractivity contribution is 0.0122. The van der Waals surface area contributed by atoms with Crippen LogP contribution in [0, 0.1) is 0 Å². The largest absolute Gasteiger partial charge is 0.469 e. The van der Waals surface area contributed by atoms with E-state index in [1.165, 1.54) is 19.3 Å². The molecule has 0 radical (unpaired) electrons. The van der Waals surface area contributed by atoms with E-state index in [1.807, 2.05) is 12.1 Å². The second-order valence-corrected chi connectivity index (χ2v) is 5.03. The molecule has 1 saturated heterocycles. The van der Waals surface area contributed by atoms with Gasteiger partial charge in [-0.3, -0.25) is 4.99 Å². The molecular formula is C15H25N3O2. The van der Waals surface area contributed by atoms with Gasteiger partial charge in [0.15, 0.2) is 5.96 Å². The zero-order chi connectivity index (χ0) is 14.0. The molecule has 1 unspecified atom stereocenters. The molecule has 112 valence electrons. The Kier molecular flexibility index (Phi) is 6.44. The zero-order valence-electron chi connectivity index (χ0n) is 12.2. The Balaban J connectivity index is 1.57. The Morgan fingerprint density at radius 1 is 1.35 bits per heavy atom. The zero-order valence-corrected chi connectivity index (χ0v) is 12.2. The van der Waals surface area contributed by atoms with E-state index in [4.69, 9.17) is 9.15 Å². The van der Waals surface area contributed by atoms with Gasteiger partial charge in [0.1, 0.15) is 5.76 Å². The van der Waals surface area contributed by atoms with Gasteiger partial charge in [-0.25, -0.2) is 0 Å². The summed E-state index contributed by atoms with van der Waals surface area (Å²) in [6.07, 6.45) is 7.70. The quantitative estimate of drug-likeness (QED) is 0.617. The molecule has 2 heterocycles. The molecule has 2 N–H and O–H groups in total. The third-order valence-corrected chi connectivity index (χ3v) is 3.50. The first-order valence-corrected chi connectivity index (χ1v) is 7.47. The first-order chi connectivity index (χ1) is 9.88. The van der Waals surface area contributed by atoms with Crippen molar-refractivity contribution in [3.8, 4) is 0 Å². The number of aliphatic imine (C=N–C) groups is 1. The van der Waals surface area contributed by atoms with Gasteiger partial charge < -0.3 is 19.8 Å². The van der Waals surface area contributed by atoms with Gasteiger partial charge >= 0.3 is 0 Å². The fourth-order valence-corrected chi connectivity index (χ4v) is 2.37. The lowest BCUT2D eigenvalue weighted by atomic mass is 10.1. The molecular weight excluding hydrogens is 254 g/mol. The molecule has 5 nitrogen and oxygen atoms in total. The van der Waals surface area contributed by atoms with Gasteiger partial charge in [-0.05, 0) is 37.8 Å². The van der Waals surface area contributed by atoms with E-state index >= 15 is 0 Å². The minimum Gasteiger partial charge on any atom is -0.469 e. The van der Waals surface area contributed by atoms with Crippen molar-refractivity contribution in [3.05, 3.63) is 24.2 Å². The molecule has 0 spiro atoms. The van der Waals surface area contributed by atoms with Crippen molar-refractivity contribution >= 4 is 5.96 Å². The van der Waals surface area contributed by atoms with Crippen LogP contribution in [0.25, 0.3) is 0 Å². The van der Waals surface area contributed by atoms with Gasteiger partial charge in [0.05, 0.1) is 12.4 Å². The van der Waals surface area contributed by atoms with Crippen LogP contribution in [0.5, 0.6) is 0 Å². The van der Waals surface area contributed by atoms with Crippen LogP contribution >= 0.6 is 0 Å². The SMILES string of the molecule is CN=C(NCCc1ccco1)NCCC1CCCCO1. The Morgan fingerprint density at radius 3 is 2.95 bits per heavy atom. The summed E-state index contributed by atoms with van der Waals surface area (Å²) in [5, 5.41) is 6.61. The summed E-state index contributed by atoms with van der Waals surface area (Å²) in [6, 6.07) is 3.89. The maximum Gasteiger partial charge on any atom is 0.190 e. The van der Waals surface area contributed by atoms with Crippen molar-refractivity contribution in [2.45, 2.75) is 38.2 Å². The van der Waals surface area contributed by atoms with Crippen molar-refractivity contribution in [3.63, 3.8) is 0 Å². The minimum atomic E-state index is 0.414. The van der Waals surface area contributed by atoms with E-state index in [0.717, 1.165) is 44.3 Å². The van der Waals surface area contributed by atoms with Crippen LogP contribution in [-0.2, 0) is 11.2 Å². The predicted molar refractivity (Wildman–Crippen MR) is 80.0 cm³/mol. The second-order valence-electron chi connectivity index (χ2n) is 5.03. The van der Waals surface area contributed by atoms with E-state index in [1.54, 1.807) is 13.3 Å². The van der Waals surface area contributed by atoms with Crippen molar-refractivity contribution in [2.75, 3.05) is 26.7 Å². The molecule has 1 aliphatic rings. The monoisotopic (exact) mass is 279 g/mol. The number of furan rings is 1. The van der Waals surface area contributed by atoms with Crippen LogP contribution < -0.4 is 10.6 Å². The number of hydrogen-bond donors (Lipinski definition) is 2. The topological polar surface area (TPSA) is 58.8 Å². The molecule has 0 aromatic carbocycles. The van der Waals surface area contributed by atoms with Crippen molar-refractivity contribution in [1.29, 1.82) is 0 Å². The van der Waals surface area contributed by atoms with Gasteiger partial charge in [-0.1, -0.05) is 0 Å². The van der Waals surface area contributed by atoms with Crippen molar-refractivity contribution in [2.24, 2.45) is 4.99 Å². The highest BCUT2D eigenvalue weighted by atomic mass is 16.5. The van der Waals surface area contributed by atoms with Crippen LogP contribution in [0.4, 0.5) is 0 Å². The number of guanidine groups is 1. The Morgan fingerprint density at radius 2 is 2.25 bits per heavy atom. The van der Waals surface area contributed by atoms with Crippen LogP contribution in [0.2, 0.25) is 0 Å². The highest BCUT2D eigenvalue weighted by Gasteiger charge is 2.13. The molecule has 1 aliphatic heterocycles. The second kappa shape index (κ2) is 8.64. The van der Waals surface area contributed by atoms with E-state index in [2.05, 4.69) is 15.6 Å². The maximum atomic E-state index is 5.71. The molecule has 1 fully saturated rings. The summed E-state index contributed by atoms with van der Waals surface area (Å²) < 4.78 is 11.0. The number of rotatable bonds is 6. The van der Waals surface area contributed by atoms with Gasteiger partial charge in [-0.2, -0.15) is 0 Å². The number of ether oxygens (including phenoxy) is 1. The number of nitrogens with zero attached hydrogens (tertiary/aromatic N) is 1. The summed E-state index contributed by atoms with van der Waals surface area (Å²) in [5.41, 5.74) is 0. The minimum absolute atomic E-state index is 0.414. The third-order valence-electron chi connectivity index (χ3n) is 3.50. The molecule has 0 amide bonds. The molecule has 1 aromatic rings. The molecule has 0 aliphatic carbocycles. The number of hydrogen-bond acceptors (Lipinski definition) is 3. The molecule has 2 rings (SSSR count). The Hall–Kier alpha value is -1.49. The molecule has 5 heteroatoms. The van der Waals surface area contributed by atoms with Crippen molar-refractivity contribution < 1.29 is 9.15 Å². The summed E-state index contributed by atoms with van der Waals surface area (Å²) in [7, 11) is 1.79. The Bertz CT molecular complexity index is 384. The van der Waals surface area contributed by atoms with E-state index < -0.39 is 0 Å². The highest BCUT2D eigenvalue weighted by Crippen LogP contribution is 2.14. The average molecular weight is 279 g/mol. The molecule has 20 heavy (non-hydrogen) atoms. The normalized spacial score (nSPS) is 19.9. The standard InChI is InChI=1S/C15H25N3O2/c1-16-15(18-10-8-14-6-4-12-20-14)17-9-7-13-5-2-3-11-19-13/h4,6,12-13H,2-3,5,7-11H2,1H3,(H2,16,17,18). The first kappa shape index (κ1) is 14.9. The Labute approximate surface area is 120 Å². The average Bonchev–Trinajstić information content (AvgIpc) is 3.00. The molecule has 0 bridgehead atoms. The van der Waals surface area contributed by atoms with Gasteiger partial charge in [0.2, 0.25) is 0 Å². The lowest BCUT2D eigenvalue weighted by Crippen LogP contribution is -2.39. The van der Waals surface area contributed by atoms with E-state index in [9.17, 15) is 0 Å². The molecule has 1 atom stereocenters. The maximum absolute atomic E-state index is 5.71. The van der Waals surface area contributed by atoms with Crippen LogP contribution in [0.3, 0.4) is 0 Å². The fraction of sp³-hybridized carbons (Fsp3) is 0.667. The summed E-state index contributed by atoms with van der Waals surface area (Å²) >= 11 is 0. The first-order valence-electron chi connectivity index (χ1n) is 7.47. The smallest absolute Gasteiger partial charge is 0.190 e. The number of nitrogens with one attached hydrogen (secondary N) is 2. The van der Waals surface area contributed by atoms with Crippen LogP contribution in [0.15, 0.2) is 27.8 Å².